The standard InChI is InChI=1S/C21H23F3N4O2S/c1-20(2,3)30-19(29)28-8-7-13-10-27(11-15(13)28)17-16(26-18(25)31-17)12-5-4-6-14(9-12)21(22,23)24/h4-6,9,11,13H,7-8,10H2,1-3H3,(H2,25,26). The Balaban J connectivity index is 1.65. The van der Waals surface area contributed by atoms with E-state index >= 15 is 0 Å². The number of nitrogen functional groups attached to an aromatic ring is 1. The predicted octanol–water partition coefficient (Wildman–Crippen LogP) is 5.33. The number of nitrogens with zero attached hydrogens (tertiary/aromatic N) is 3. The normalized spacial score (nSPS) is 18.9. The second-order valence-corrected chi connectivity index (χ2v) is 9.62. The maximum atomic E-state index is 13.2. The molecule has 3 heterocycles. The minimum atomic E-state index is -4.45. The van der Waals surface area contributed by atoms with Gasteiger partial charge in [0.05, 0.1) is 5.56 Å². The molecule has 1 aromatic heterocycles. The van der Waals surface area contributed by atoms with Gasteiger partial charge in [-0.2, -0.15) is 13.2 Å². The monoisotopic (exact) mass is 452 g/mol. The van der Waals surface area contributed by atoms with E-state index in [4.69, 9.17) is 10.5 Å². The van der Waals surface area contributed by atoms with Crippen LogP contribution in [0.3, 0.4) is 0 Å². The summed E-state index contributed by atoms with van der Waals surface area (Å²) in [5.41, 5.74) is 6.17. The van der Waals surface area contributed by atoms with Crippen molar-refractivity contribution in [1.29, 1.82) is 0 Å². The van der Waals surface area contributed by atoms with Gasteiger partial charge in [0, 0.05) is 36.5 Å². The van der Waals surface area contributed by atoms with Crippen molar-refractivity contribution in [3.63, 3.8) is 0 Å². The quantitative estimate of drug-likeness (QED) is 0.667. The number of anilines is 2. The summed E-state index contributed by atoms with van der Waals surface area (Å²) in [6.45, 7) is 6.62. The number of thiazole rings is 1. The molecule has 1 atom stereocenters. The number of likely N-dealkylation sites (tertiary alicyclic amines) is 1. The zero-order valence-corrected chi connectivity index (χ0v) is 18.2. The number of aromatic nitrogens is 1. The van der Waals surface area contributed by atoms with Gasteiger partial charge in [-0.05, 0) is 39.3 Å². The highest BCUT2D eigenvalue weighted by molar-refractivity contribution is 7.19. The zero-order valence-electron chi connectivity index (χ0n) is 17.4. The van der Waals surface area contributed by atoms with E-state index in [2.05, 4.69) is 4.98 Å². The number of fused-ring (bicyclic) bond motifs is 1. The lowest BCUT2D eigenvalue weighted by atomic mass is 10.1. The Morgan fingerprint density at radius 3 is 2.71 bits per heavy atom. The van der Waals surface area contributed by atoms with Gasteiger partial charge in [0.2, 0.25) is 0 Å². The lowest BCUT2D eigenvalue weighted by Gasteiger charge is -2.25. The van der Waals surface area contributed by atoms with E-state index in [-0.39, 0.29) is 11.0 Å². The zero-order chi connectivity index (χ0) is 22.6. The second-order valence-electron chi connectivity index (χ2n) is 8.61. The molecule has 1 amide bonds. The average Bonchev–Trinajstić information content (AvgIpc) is 3.32. The summed E-state index contributed by atoms with van der Waals surface area (Å²) in [4.78, 5) is 20.4. The van der Waals surface area contributed by atoms with Crippen molar-refractivity contribution in [2.45, 2.75) is 39.0 Å². The molecule has 0 aliphatic carbocycles. The van der Waals surface area contributed by atoms with Gasteiger partial charge in [-0.25, -0.2) is 9.78 Å². The van der Waals surface area contributed by atoms with E-state index in [1.807, 2.05) is 31.9 Å². The first kappa shape index (κ1) is 21.5. The molecule has 0 radical (unpaired) electrons. The Morgan fingerprint density at radius 1 is 1.29 bits per heavy atom. The Bertz CT molecular complexity index is 1040. The Hall–Kier alpha value is -2.75. The van der Waals surface area contributed by atoms with Crippen LogP contribution in [0, 0.1) is 5.92 Å². The molecule has 0 saturated carbocycles. The molecule has 1 unspecified atom stereocenters. The molecular formula is C21H23F3N4O2S. The van der Waals surface area contributed by atoms with Crippen molar-refractivity contribution in [1.82, 2.24) is 9.88 Å². The third-order valence-corrected chi connectivity index (χ3v) is 6.02. The lowest BCUT2D eigenvalue weighted by molar-refractivity contribution is -0.137. The number of amides is 1. The first-order valence-corrected chi connectivity index (χ1v) is 10.7. The van der Waals surface area contributed by atoms with Crippen LogP contribution in [0.15, 0.2) is 36.2 Å². The summed E-state index contributed by atoms with van der Waals surface area (Å²) in [6.07, 6.45) is -2.20. The van der Waals surface area contributed by atoms with Crippen molar-refractivity contribution < 1.29 is 22.7 Å². The number of ether oxygens (including phenoxy) is 1. The fourth-order valence-corrected chi connectivity index (χ4v) is 4.64. The molecule has 1 fully saturated rings. The van der Waals surface area contributed by atoms with Gasteiger partial charge < -0.3 is 15.4 Å². The lowest BCUT2D eigenvalue weighted by Crippen LogP contribution is -2.34. The molecule has 31 heavy (non-hydrogen) atoms. The SMILES string of the molecule is CC(C)(C)OC(=O)N1CCC2CN(c3sc(N)nc3-c3cccc(C(F)(F)F)c3)C=C21. The Morgan fingerprint density at radius 2 is 2.03 bits per heavy atom. The summed E-state index contributed by atoms with van der Waals surface area (Å²) in [5, 5.41) is 0.921. The molecule has 0 bridgehead atoms. The number of nitrogens with two attached hydrogens (primary N) is 1. The number of rotatable bonds is 2. The summed E-state index contributed by atoms with van der Waals surface area (Å²) >= 11 is 1.21. The van der Waals surface area contributed by atoms with Crippen LogP contribution in [0.5, 0.6) is 0 Å². The van der Waals surface area contributed by atoms with E-state index < -0.39 is 23.4 Å². The molecule has 2 aliphatic rings. The minimum Gasteiger partial charge on any atom is -0.443 e. The number of carbonyl (C=O) groups is 1. The first-order valence-electron chi connectivity index (χ1n) is 9.85. The molecule has 1 saturated heterocycles. The van der Waals surface area contributed by atoms with Crippen LogP contribution in [0.1, 0.15) is 32.8 Å². The molecule has 4 rings (SSSR count). The van der Waals surface area contributed by atoms with Crippen LogP contribution >= 0.6 is 11.3 Å². The van der Waals surface area contributed by atoms with Crippen LogP contribution in [-0.2, 0) is 10.9 Å². The van der Waals surface area contributed by atoms with E-state index in [0.29, 0.717) is 29.3 Å². The maximum Gasteiger partial charge on any atom is 0.416 e. The van der Waals surface area contributed by atoms with Crippen molar-refractivity contribution in [3.8, 4) is 11.3 Å². The molecule has 166 valence electrons. The van der Waals surface area contributed by atoms with Gasteiger partial charge in [0.1, 0.15) is 16.3 Å². The maximum absolute atomic E-state index is 13.2. The first-order chi connectivity index (χ1) is 14.4. The summed E-state index contributed by atoms with van der Waals surface area (Å²) in [5.74, 6) is 0.130. The van der Waals surface area contributed by atoms with Crippen LogP contribution in [0.25, 0.3) is 11.3 Å². The van der Waals surface area contributed by atoms with Crippen molar-refractivity contribution in [2.24, 2.45) is 5.92 Å². The molecule has 6 nitrogen and oxygen atoms in total. The summed E-state index contributed by atoms with van der Waals surface area (Å²) in [7, 11) is 0. The highest BCUT2D eigenvalue weighted by Crippen LogP contribution is 2.44. The van der Waals surface area contributed by atoms with Crippen molar-refractivity contribution in [3.05, 3.63) is 41.7 Å². The van der Waals surface area contributed by atoms with Crippen LogP contribution in [0.4, 0.5) is 28.1 Å². The number of benzene rings is 1. The third-order valence-electron chi connectivity index (χ3n) is 5.10. The van der Waals surface area contributed by atoms with Gasteiger partial charge in [0.15, 0.2) is 5.13 Å². The van der Waals surface area contributed by atoms with Crippen LogP contribution < -0.4 is 10.6 Å². The number of hydrogen-bond acceptors (Lipinski definition) is 6. The van der Waals surface area contributed by atoms with E-state index in [0.717, 1.165) is 24.3 Å². The van der Waals surface area contributed by atoms with Crippen LogP contribution in [0.2, 0.25) is 0 Å². The van der Waals surface area contributed by atoms with E-state index in [1.165, 1.54) is 17.4 Å². The van der Waals surface area contributed by atoms with Crippen molar-refractivity contribution >= 4 is 27.6 Å². The van der Waals surface area contributed by atoms with Crippen LogP contribution in [-0.4, -0.2) is 34.7 Å². The van der Waals surface area contributed by atoms with Crippen molar-refractivity contribution in [2.75, 3.05) is 23.7 Å². The second kappa shape index (κ2) is 7.44. The van der Waals surface area contributed by atoms with E-state index in [9.17, 15) is 18.0 Å². The average molecular weight is 453 g/mol. The fourth-order valence-electron chi connectivity index (χ4n) is 3.80. The number of hydrogen-bond donors (Lipinski definition) is 1. The molecule has 10 heteroatoms. The van der Waals surface area contributed by atoms with Gasteiger partial charge in [-0.15, -0.1) is 0 Å². The van der Waals surface area contributed by atoms with Gasteiger partial charge in [-0.1, -0.05) is 23.5 Å². The molecule has 0 spiro atoms. The summed E-state index contributed by atoms with van der Waals surface area (Å²) in [6, 6.07) is 5.05. The minimum absolute atomic E-state index is 0.130. The molecule has 2 aromatic rings. The number of carbonyl (C=O) groups excluding carboxylic acids is 1. The summed E-state index contributed by atoms with van der Waals surface area (Å²) < 4.78 is 45.0. The van der Waals surface area contributed by atoms with E-state index in [1.54, 1.807) is 11.0 Å². The topological polar surface area (TPSA) is 71.7 Å². The smallest absolute Gasteiger partial charge is 0.416 e. The number of alkyl halides is 3. The molecular weight excluding hydrogens is 429 g/mol. The highest BCUT2D eigenvalue weighted by atomic mass is 32.1. The van der Waals surface area contributed by atoms with Gasteiger partial charge >= 0.3 is 12.3 Å². The fraction of sp³-hybridized carbons (Fsp3) is 0.429. The molecule has 2 N–H and O–H groups in total. The Kier molecular flexibility index (Phi) is 5.15. The Labute approximate surface area is 182 Å². The van der Waals surface area contributed by atoms with Gasteiger partial charge in [0.25, 0.3) is 0 Å². The third kappa shape index (κ3) is 4.34. The predicted molar refractivity (Wildman–Crippen MR) is 113 cm³/mol. The number of halogens is 3. The molecule has 2 aliphatic heterocycles. The largest absolute Gasteiger partial charge is 0.443 e. The highest BCUT2D eigenvalue weighted by Gasteiger charge is 2.40. The van der Waals surface area contributed by atoms with Gasteiger partial charge in [-0.3, -0.25) is 4.90 Å². The molecule has 1 aromatic carbocycles.